The van der Waals surface area contributed by atoms with Crippen molar-refractivity contribution in [2.45, 2.75) is 18.9 Å². The van der Waals surface area contributed by atoms with Crippen LogP contribution in [-0.4, -0.2) is 30.1 Å². The first-order chi connectivity index (χ1) is 8.56. The van der Waals surface area contributed by atoms with Crippen molar-refractivity contribution < 1.29 is 9.53 Å². The quantitative estimate of drug-likeness (QED) is 0.804. The molecule has 1 aromatic carbocycles. The molecule has 1 aliphatic heterocycles. The van der Waals surface area contributed by atoms with E-state index in [0.29, 0.717) is 29.5 Å². The first-order valence-corrected chi connectivity index (χ1v) is 6.20. The van der Waals surface area contributed by atoms with Crippen LogP contribution in [0.2, 0.25) is 5.02 Å². The highest BCUT2D eigenvalue weighted by Crippen LogP contribution is 2.29. The van der Waals surface area contributed by atoms with E-state index in [1.165, 1.54) is 0 Å². The Balaban J connectivity index is 1.93. The summed E-state index contributed by atoms with van der Waals surface area (Å²) in [4.78, 5) is 12.6. The molecule has 0 radical (unpaired) electrons. The van der Waals surface area contributed by atoms with E-state index >= 15 is 0 Å². The van der Waals surface area contributed by atoms with Crippen LogP contribution in [0.4, 0.5) is 10.5 Å². The van der Waals surface area contributed by atoms with Gasteiger partial charge in [0.25, 0.3) is 0 Å². The van der Waals surface area contributed by atoms with Crippen LogP contribution in [0.5, 0.6) is 5.75 Å². The van der Waals surface area contributed by atoms with Crippen LogP contribution < -0.4 is 16.2 Å². The summed E-state index contributed by atoms with van der Waals surface area (Å²) in [7, 11) is 0. The molecule has 0 aliphatic carbocycles. The van der Waals surface area contributed by atoms with Crippen molar-refractivity contribution in [3.63, 3.8) is 0 Å². The van der Waals surface area contributed by atoms with E-state index in [4.69, 9.17) is 27.8 Å². The summed E-state index contributed by atoms with van der Waals surface area (Å²) < 4.78 is 5.80. The Morgan fingerprint density at radius 2 is 2.06 bits per heavy atom. The van der Waals surface area contributed by atoms with Crippen molar-refractivity contribution in [3.8, 4) is 5.75 Å². The predicted molar refractivity (Wildman–Crippen MR) is 70.7 cm³/mol. The molecule has 1 fully saturated rings. The van der Waals surface area contributed by atoms with Crippen LogP contribution in [0.3, 0.4) is 0 Å². The number of amides is 2. The fraction of sp³-hybridized carbons (Fsp3) is 0.417. The normalized spacial score (nSPS) is 16.6. The molecule has 0 atom stereocenters. The molecule has 0 aromatic heterocycles. The van der Waals surface area contributed by atoms with E-state index in [-0.39, 0.29) is 12.1 Å². The van der Waals surface area contributed by atoms with Gasteiger partial charge in [0.2, 0.25) is 0 Å². The summed E-state index contributed by atoms with van der Waals surface area (Å²) in [6.45, 7) is 1.24. The molecule has 1 heterocycles. The summed E-state index contributed by atoms with van der Waals surface area (Å²) in [6.07, 6.45) is 1.56. The minimum absolute atomic E-state index is 0.0572. The Morgan fingerprint density at radius 3 is 2.61 bits per heavy atom. The van der Waals surface area contributed by atoms with E-state index in [2.05, 4.69) is 0 Å². The van der Waals surface area contributed by atoms with Crippen LogP contribution in [0, 0.1) is 0 Å². The maximum absolute atomic E-state index is 11.0. The van der Waals surface area contributed by atoms with Crippen LogP contribution in [0.25, 0.3) is 0 Å². The van der Waals surface area contributed by atoms with Crippen LogP contribution in [0.1, 0.15) is 12.8 Å². The number of anilines is 1. The van der Waals surface area contributed by atoms with Crippen LogP contribution >= 0.6 is 11.6 Å². The molecule has 18 heavy (non-hydrogen) atoms. The van der Waals surface area contributed by atoms with Gasteiger partial charge in [0.15, 0.2) is 0 Å². The largest absolute Gasteiger partial charge is 0.489 e. The number of urea groups is 1. The minimum Gasteiger partial charge on any atom is -0.489 e. The summed E-state index contributed by atoms with van der Waals surface area (Å²) in [5, 5.41) is 0.507. The lowest BCUT2D eigenvalue weighted by atomic mass is 10.1. The second-order valence-electron chi connectivity index (χ2n) is 4.33. The molecule has 5 nitrogen and oxygen atoms in total. The fourth-order valence-corrected chi connectivity index (χ4v) is 2.22. The van der Waals surface area contributed by atoms with Gasteiger partial charge in [0.1, 0.15) is 11.9 Å². The highest BCUT2D eigenvalue weighted by atomic mass is 35.5. The van der Waals surface area contributed by atoms with Gasteiger partial charge in [-0.05, 0) is 18.2 Å². The van der Waals surface area contributed by atoms with Crippen molar-refractivity contribution in [1.82, 2.24) is 4.90 Å². The molecule has 1 aromatic rings. The first kappa shape index (κ1) is 12.8. The maximum Gasteiger partial charge on any atom is 0.314 e. The lowest BCUT2D eigenvalue weighted by Gasteiger charge is -2.31. The van der Waals surface area contributed by atoms with Gasteiger partial charge in [-0.2, -0.15) is 0 Å². The Hall–Kier alpha value is -1.62. The monoisotopic (exact) mass is 269 g/mol. The third kappa shape index (κ3) is 2.98. The number of carbonyl (C=O) groups is 1. The molecule has 2 amide bonds. The fourth-order valence-electron chi connectivity index (χ4n) is 1.99. The zero-order valence-electron chi connectivity index (χ0n) is 9.93. The Morgan fingerprint density at radius 1 is 1.39 bits per heavy atom. The van der Waals surface area contributed by atoms with E-state index < -0.39 is 0 Å². The zero-order valence-corrected chi connectivity index (χ0v) is 10.7. The van der Waals surface area contributed by atoms with E-state index in [9.17, 15) is 4.79 Å². The maximum atomic E-state index is 11.0. The van der Waals surface area contributed by atoms with E-state index in [1.807, 2.05) is 0 Å². The number of carbonyl (C=O) groups excluding carboxylic acids is 1. The average Bonchev–Trinajstić information content (AvgIpc) is 2.33. The Labute approximate surface area is 111 Å². The van der Waals surface area contributed by atoms with Crippen molar-refractivity contribution in [1.29, 1.82) is 0 Å². The number of halogens is 1. The number of nitrogen functional groups attached to an aromatic ring is 1. The number of likely N-dealkylation sites (tertiary alicyclic amines) is 1. The summed E-state index contributed by atoms with van der Waals surface area (Å²) >= 11 is 6.04. The standard InChI is InChI=1S/C12H16ClN3O2/c13-10-7-8(14)1-2-11(10)18-9-3-5-16(6-4-9)12(15)17/h1-2,7,9H,3-6,14H2,(H2,15,17). The molecule has 1 saturated heterocycles. The molecule has 98 valence electrons. The minimum atomic E-state index is -0.376. The second-order valence-corrected chi connectivity index (χ2v) is 4.74. The highest BCUT2D eigenvalue weighted by molar-refractivity contribution is 6.32. The summed E-state index contributed by atoms with van der Waals surface area (Å²) in [6, 6.07) is 4.80. The number of ether oxygens (including phenoxy) is 1. The van der Waals surface area contributed by atoms with E-state index in [1.54, 1.807) is 23.1 Å². The van der Waals surface area contributed by atoms with Gasteiger partial charge in [-0.25, -0.2) is 4.79 Å². The van der Waals surface area contributed by atoms with Crippen molar-refractivity contribution in [3.05, 3.63) is 23.2 Å². The third-order valence-electron chi connectivity index (χ3n) is 3.00. The highest BCUT2D eigenvalue weighted by Gasteiger charge is 2.22. The molecule has 4 N–H and O–H groups in total. The van der Waals surface area contributed by atoms with Gasteiger partial charge in [-0.15, -0.1) is 0 Å². The van der Waals surface area contributed by atoms with Gasteiger partial charge in [0, 0.05) is 31.6 Å². The van der Waals surface area contributed by atoms with Gasteiger partial charge in [0.05, 0.1) is 5.02 Å². The average molecular weight is 270 g/mol. The zero-order chi connectivity index (χ0) is 13.1. The smallest absolute Gasteiger partial charge is 0.314 e. The van der Waals surface area contributed by atoms with Gasteiger partial charge >= 0.3 is 6.03 Å². The van der Waals surface area contributed by atoms with Crippen molar-refractivity contribution in [2.24, 2.45) is 5.73 Å². The third-order valence-corrected chi connectivity index (χ3v) is 3.30. The molecule has 2 rings (SSSR count). The van der Waals surface area contributed by atoms with Gasteiger partial charge < -0.3 is 21.1 Å². The lowest BCUT2D eigenvalue weighted by molar-refractivity contribution is 0.114. The first-order valence-electron chi connectivity index (χ1n) is 5.82. The number of hydrogen-bond acceptors (Lipinski definition) is 3. The van der Waals surface area contributed by atoms with Crippen molar-refractivity contribution in [2.75, 3.05) is 18.8 Å². The topological polar surface area (TPSA) is 81.6 Å². The molecule has 1 aliphatic rings. The number of nitrogens with two attached hydrogens (primary N) is 2. The summed E-state index contributed by atoms with van der Waals surface area (Å²) in [5.74, 6) is 0.628. The number of benzene rings is 1. The molecule has 0 spiro atoms. The molecular weight excluding hydrogens is 254 g/mol. The second kappa shape index (κ2) is 5.35. The van der Waals surface area contributed by atoms with Crippen molar-refractivity contribution >= 4 is 23.3 Å². The summed E-state index contributed by atoms with van der Waals surface area (Å²) in [5.41, 5.74) is 11.4. The number of hydrogen-bond donors (Lipinski definition) is 2. The number of piperidine rings is 1. The molecule has 0 bridgehead atoms. The van der Waals surface area contributed by atoms with Gasteiger partial charge in [-0.3, -0.25) is 0 Å². The number of primary amides is 1. The van der Waals surface area contributed by atoms with E-state index in [0.717, 1.165) is 12.8 Å². The Bertz CT molecular complexity index is 445. The number of nitrogens with zero attached hydrogens (tertiary/aromatic N) is 1. The number of rotatable bonds is 2. The Kier molecular flexibility index (Phi) is 3.81. The molecule has 6 heteroatoms. The van der Waals surface area contributed by atoms with Crippen LogP contribution in [0.15, 0.2) is 18.2 Å². The molecule has 0 unspecified atom stereocenters. The predicted octanol–water partition coefficient (Wildman–Crippen LogP) is 1.84. The molecular formula is C12H16ClN3O2. The SMILES string of the molecule is NC(=O)N1CCC(Oc2ccc(N)cc2Cl)CC1. The molecule has 0 saturated carbocycles. The van der Waals surface area contributed by atoms with Crippen LogP contribution in [-0.2, 0) is 0 Å². The lowest BCUT2D eigenvalue weighted by Crippen LogP contribution is -2.44. The van der Waals surface area contributed by atoms with Gasteiger partial charge in [-0.1, -0.05) is 11.6 Å².